The molecule has 0 aromatic carbocycles. The second kappa shape index (κ2) is 5.94. The summed E-state index contributed by atoms with van der Waals surface area (Å²) in [5.41, 5.74) is 0. The Morgan fingerprint density at radius 1 is 1.67 bits per heavy atom. The number of nitrogens with zero attached hydrogens (tertiary/aromatic N) is 1. The fourth-order valence-electron chi connectivity index (χ4n) is 0.876. The van der Waals surface area contributed by atoms with Gasteiger partial charge in [-0.3, -0.25) is 4.79 Å². The number of thiazole rings is 1. The molecule has 1 heterocycles. The van der Waals surface area contributed by atoms with E-state index < -0.39 is 0 Å². The lowest BCUT2D eigenvalue weighted by atomic mass is 10.3. The molecule has 0 saturated carbocycles. The van der Waals surface area contributed by atoms with E-state index >= 15 is 0 Å². The van der Waals surface area contributed by atoms with Gasteiger partial charge < -0.3 is 5.32 Å². The molecule has 3 nitrogen and oxygen atoms in total. The topological polar surface area (TPSA) is 42.0 Å². The second-order valence-corrected chi connectivity index (χ2v) is 6.10. The molecule has 84 valence electrons. The van der Waals surface area contributed by atoms with Crippen molar-refractivity contribution in [3.8, 4) is 0 Å². The van der Waals surface area contributed by atoms with Crippen molar-refractivity contribution in [2.75, 3.05) is 11.6 Å². The van der Waals surface area contributed by atoms with Crippen LogP contribution in [0.1, 0.15) is 13.3 Å². The van der Waals surface area contributed by atoms with E-state index in [2.05, 4.69) is 10.3 Å². The highest BCUT2D eigenvalue weighted by molar-refractivity contribution is 7.99. The number of rotatable bonds is 4. The molecule has 1 rings (SSSR count). The van der Waals surface area contributed by atoms with Gasteiger partial charge in [-0.1, -0.05) is 41.5 Å². The van der Waals surface area contributed by atoms with Gasteiger partial charge in [0.25, 0.3) is 0 Å². The molecule has 0 aliphatic carbocycles. The van der Waals surface area contributed by atoms with Crippen molar-refractivity contribution in [3.63, 3.8) is 0 Å². The summed E-state index contributed by atoms with van der Waals surface area (Å²) in [6.45, 7) is 1.99. The number of amides is 1. The monoisotopic (exact) mass is 284 g/mol. The maximum Gasteiger partial charge on any atom is 0.226 e. The van der Waals surface area contributed by atoms with E-state index in [-0.39, 0.29) is 16.3 Å². The highest BCUT2D eigenvalue weighted by atomic mass is 35.5. The largest absolute Gasteiger partial charge is 0.315 e. The lowest BCUT2D eigenvalue weighted by Gasteiger charge is -2.07. The van der Waals surface area contributed by atoms with Gasteiger partial charge in [0.05, 0.1) is 0 Å². The van der Waals surface area contributed by atoms with Crippen LogP contribution in [0, 0.1) is 0 Å². The number of anilines is 1. The van der Waals surface area contributed by atoms with E-state index in [0.717, 1.165) is 11.3 Å². The van der Waals surface area contributed by atoms with Crippen molar-refractivity contribution in [2.45, 2.75) is 18.6 Å². The Hall–Kier alpha value is 0.0300. The van der Waals surface area contributed by atoms with E-state index in [4.69, 9.17) is 23.2 Å². The number of halogens is 2. The fraction of sp³-hybridized carbons (Fsp3) is 0.500. The predicted molar refractivity (Wildman–Crippen MR) is 68.4 cm³/mol. The third kappa shape index (κ3) is 4.18. The summed E-state index contributed by atoms with van der Waals surface area (Å²) in [6, 6.07) is 0. The van der Waals surface area contributed by atoms with Gasteiger partial charge in [-0.15, -0.1) is 0 Å². The maximum atomic E-state index is 11.5. The number of nitrogens with one attached hydrogen (secondary N) is 1. The minimum absolute atomic E-state index is 0.0703. The molecule has 1 unspecified atom stereocenters. The first-order chi connectivity index (χ1) is 7.02. The van der Waals surface area contributed by atoms with Crippen molar-refractivity contribution in [1.29, 1.82) is 0 Å². The Labute approximate surface area is 107 Å². The molecule has 0 aliphatic heterocycles. The number of thioether (sulfide) groups is 1. The quantitative estimate of drug-likeness (QED) is 0.920. The van der Waals surface area contributed by atoms with Crippen molar-refractivity contribution >= 4 is 57.2 Å². The van der Waals surface area contributed by atoms with Crippen LogP contribution in [-0.2, 0) is 4.79 Å². The normalized spacial score (nSPS) is 12.5. The summed E-state index contributed by atoms with van der Waals surface area (Å²) in [6.07, 6.45) is 2.42. The fourth-order valence-corrected chi connectivity index (χ4v) is 2.45. The van der Waals surface area contributed by atoms with E-state index in [1.165, 1.54) is 0 Å². The maximum absolute atomic E-state index is 11.5. The third-order valence-electron chi connectivity index (χ3n) is 1.69. The molecule has 0 fully saturated rings. The molecule has 0 aliphatic rings. The van der Waals surface area contributed by atoms with Crippen LogP contribution in [0.25, 0.3) is 0 Å². The molecule has 1 amide bonds. The summed E-state index contributed by atoms with van der Waals surface area (Å²) in [5.74, 6) is -0.0703. The Balaban J connectivity index is 2.55. The molecule has 0 spiro atoms. The van der Waals surface area contributed by atoms with Crippen molar-refractivity contribution in [2.24, 2.45) is 0 Å². The van der Waals surface area contributed by atoms with Gasteiger partial charge >= 0.3 is 0 Å². The van der Waals surface area contributed by atoms with Crippen LogP contribution < -0.4 is 5.32 Å². The number of carbonyl (C=O) groups is 1. The number of hydrogen-bond donors (Lipinski definition) is 1. The zero-order valence-corrected chi connectivity index (χ0v) is 11.4. The number of aromatic nitrogens is 1. The lowest BCUT2D eigenvalue weighted by molar-refractivity contribution is -0.116. The number of carbonyl (C=O) groups excluding carboxylic acids is 1. The van der Waals surface area contributed by atoms with Crippen molar-refractivity contribution in [1.82, 2.24) is 4.98 Å². The summed E-state index contributed by atoms with van der Waals surface area (Å²) in [4.78, 5) is 15.3. The lowest BCUT2D eigenvalue weighted by Crippen LogP contribution is -2.15. The zero-order chi connectivity index (χ0) is 11.4. The van der Waals surface area contributed by atoms with Gasteiger partial charge in [-0.25, -0.2) is 4.98 Å². The molecule has 7 heteroatoms. The van der Waals surface area contributed by atoms with Gasteiger partial charge in [-0.05, 0) is 6.26 Å². The summed E-state index contributed by atoms with van der Waals surface area (Å²) < 4.78 is 0.327. The van der Waals surface area contributed by atoms with E-state index in [1.54, 1.807) is 11.8 Å². The molecule has 1 aromatic heterocycles. The Morgan fingerprint density at radius 2 is 2.33 bits per heavy atom. The van der Waals surface area contributed by atoms with Gasteiger partial charge in [0, 0.05) is 11.7 Å². The predicted octanol–water partition coefficient (Wildman–Crippen LogP) is 3.53. The molecule has 1 atom stereocenters. The first kappa shape index (κ1) is 13.1. The summed E-state index contributed by atoms with van der Waals surface area (Å²) >= 11 is 14.2. The molecule has 1 N–H and O–H groups in total. The number of hydrogen-bond acceptors (Lipinski definition) is 4. The van der Waals surface area contributed by atoms with E-state index in [0.29, 0.717) is 15.9 Å². The minimum Gasteiger partial charge on any atom is -0.315 e. The average molecular weight is 285 g/mol. The van der Waals surface area contributed by atoms with Crippen LogP contribution in [-0.4, -0.2) is 22.4 Å². The van der Waals surface area contributed by atoms with Crippen LogP contribution >= 0.6 is 46.3 Å². The van der Waals surface area contributed by atoms with Crippen molar-refractivity contribution < 1.29 is 4.79 Å². The Bertz CT molecular complexity index is 356. The molecule has 1 aromatic rings. The van der Waals surface area contributed by atoms with E-state index in [9.17, 15) is 4.79 Å². The van der Waals surface area contributed by atoms with Crippen LogP contribution in [0.3, 0.4) is 0 Å². The minimum atomic E-state index is -0.0703. The van der Waals surface area contributed by atoms with Gasteiger partial charge in [0.15, 0.2) is 9.62 Å². The van der Waals surface area contributed by atoms with Crippen LogP contribution in [0.4, 0.5) is 5.00 Å². The molecular weight excluding hydrogens is 275 g/mol. The van der Waals surface area contributed by atoms with Gasteiger partial charge in [0.2, 0.25) is 5.91 Å². The average Bonchev–Trinajstić information content (AvgIpc) is 2.44. The van der Waals surface area contributed by atoms with Gasteiger partial charge in [-0.2, -0.15) is 11.8 Å². The van der Waals surface area contributed by atoms with Gasteiger partial charge in [0.1, 0.15) is 5.00 Å². The smallest absolute Gasteiger partial charge is 0.226 e. The van der Waals surface area contributed by atoms with Crippen LogP contribution in [0.5, 0.6) is 0 Å². The first-order valence-corrected chi connectivity index (χ1v) is 7.03. The van der Waals surface area contributed by atoms with Crippen LogP contribution in [0.15, 0.2) is 0 Å². The SMILES string of the molecule is CSC(C)CC(=O)Nc1sc(Cl)nc1Cl. The first-order valence-electron chi connectivity index (χ1n) is 4.17. The molecule has 0 saturated heterocycles. The Kier molecular flexibility index (Phi) is 5.18. The summed E-state index contributed by atoms with van der Waals surface area (Å²) in [5, 5.41) is 3.73. The highest BCUT2D eigenvalue weighted by Gasteiger charge is 2.13. The highest BCUT2D eigenvalue weighted by Crippen LogP contribution is 2.31. The summed E-state index contributed by atoms with van der Waals surface area (Å²) in [7, 11) is 0. The third-order valence-corrected chi connectivity index (χ3v) is 4.12. The molecule has 15 heavy (non-hydrogen) atoms. The standard InChI is InChI=1S/C8H10Cl2N2OS2/c1-4(14-2)3-5(13)11-7-6(9)12-8(10)15-7/h4H,3H2,1-2H3,(H,11,13). The second-order valence-electron chi connectivity index (χ2n) is 2.89. The van der Waals surface area contributed by atoms with Crippen LogP contribution in [0.2, 0.25) is 9.62 Å². The van der Waals surface area contributed by atoms with E-state index in [1.807, 2.05) is 13.2 Å². The molecular formula is C8H10Cl2N2OS2. The Morgan fingerprint density at radius 3 is 2.80 bits per heavy atom. The van der Waals surface area contributed by atoms with Crippen molar-refractivity contribution in [3.05, 3.63) is 9.62 Å². The zero-order valence-electron chi connectivity index (χ0n) is 8.21. The molecule has 0 radical (unpaired) electrons. The molecule has 0 bridgehead atoms.